The molecule has 1 aromatic rings. The van der Waals surface area contributed by atoms with Gasteiger partial charge in [-0.2, -0.15) is 5.10 Å². The summed E-state index contributed by atoms with van der Waals surface area (Å²) in [6.45, 7) is 3.46. The molecule has 0 spiro atoms. The lowest BCUT2D eigenvalue weighted by molar-refractivity contribution is 0.281. The smallest absolute Gasteiger partial charge is 0.132 e. The van der Waals surface area contributed by atoms with Gasteiger partial charge in [-0.05, 0) is 6.92 Å². The maximum Gasteiger partial charge on any atom is 0.132 e. The van der Waals surface area contributed by atoms with Crippen LogP contribution in [0, 0.1) is 6.92 Å². The van der Waals surface area contributed by atoms with Crippen molar-refractivity contribution in [3.8, 4) is 0 Å². The predicted octanol–water partition coefficient (Wildman–Crippen LogP) is -0.210. The van der Waals surface area contributed by atoms with Gasteiger partial charge < -0.3 is 10.0 Å². The highest BCUT2D eigenvalue weighted by molar-refractivity contribution is 7.85. The molecule has 0 aliphatic carbocycles. The Morgan fingerprint density at radius 1 is 1.44 bits per heavy atom. The molecule has 2 heterocycles. The van der Waals surface area contributed by atoms with Crippen molar-refractivity contribution in [2.75, 3.05) is 29.5 Å². The van der Waals surface area contributed by atoms with Gasteiger partial charge in [0, 0.05) is 48.0 Å². The molecule has 1 aliphatic heterocycles. The van der Waals surface area contributed by atoms with E-state index in [1.54, 1.807) is 4.68 Å². The number of hydrogen-bond acceptors (Lipinski definition) is 4. The number of aromatic nitrogens is 2. The molecule has 1 aromatic heterocycles. The van der Waals surface area contributed by atoms with Crippen molar-refractivity contribution < 1.29 is 9.32 Å². The molecule has 2 rings (SSSR count). The number of nitrogens with zero attached hydrogens (tertiary/aromatic N) is 3. The molecule has 90 valence electrons. The summed E-state index contributed by atoms with van der Waals surface area (Å²) >= 11 is 0. The second-order valence-electron chi connectivity index (χ2n) is 4.00. The van der Waals surface area contributed by atoms with Crippen LogP contribution in [0.25, 0.3) is 0 Å². The van der Waals surface area contributed by atoms with Crippen molar-refractivity contribution in [3.05, 3.63) is 11.3 Å². The maximum atomic E-state index is 11.3. The van der Waals surface area contributed by atoms with Gasteiger partial charge in [-0.3, -0.25) is 8.89 Å². The second kappa shape index (κ2) is 4.55. The molecule has 6 heteroatoms. The average Bonchev–Trinajstić information content (AvgIpc) is 2.54. The van der Waals surface area contributed by atoms with Crippen molar-refractivity contribution in [2.24, 2.45) is 7.05 Å². The highest BCUT2D eigenvalue weighted by atomic mass is 32.2. The molecule has 0 amide bonds. The molecule has 0 saturated carbocycles. The van der Waals surface area contributed by atoms with Crippen LogP contribution in [0.5, 0.6) is 0 Å². The molecule has 0 aromatic carbocycles. The highest BCUT2D eigenvalue weighted by Gasteiger charge is 2.22. The van der Waals surface area contributed by atoms with Gasteiger partial charge in [-0.25, -0.2) is 0 Å². The number of hydrogen-bond donors (Lipinski definition) is 1. The first-order valence-electron chi connectivity index (χ1n) is 5.36. The van der Waals surface area contributed by atoms with E-state index >= 15 is 0 Å². The third kappa shape index (κ3) is 1.99. The van der Waals surface area contributed by atoms with Crippen LogP contribution >= 0.6 is 0 Å². The van der Waals surface area contributed by atoms with E-state index in [2.05, 4.69) is 10.00 Å². The lowest BCUT2D eigenvalue weighted by Crippen LogP contribution is -2.39. The van der Waals surface area contributed by atoms with E-state index in [4.69, 9.17) is 0 Å². The molecule has 0 unspecified atom stereocenters. The number of aliphatic hydroxyl groups is 1. The van der Waals surface area contributed by atoms with Crippen LogP contribution in [0.3, 0.4) is 0 Å². The Labute approximate surface area is 97.5 Å². The Bertz CT molecular complexity index is 406. The topological polar surface area (TPSA) is 58.4 Å². The SMILES string of the molecule is Cc1nn(C)c(N2CCS(=O)CC2)c1CO. The molecule has 1 N–H and O–H groups in total. The van der Waals surface area contributed by atoms with Crippen LogP contribution in [0.2, 0.25) is 0 Å². The minimum atomic E-state index is -0.677. The van der Waals surface area contributed by atoms with Crippen molar-refractivity contribution in [1.82, 2.24) is 9.78 Å². The Balaban J connectivity index is 2.29. The van der Waals surface area contributed by atoms with Crippen LogP contribution in [-0.2, 0) is 24.5 Å². The maximum absolute atomic E-state index is 11.3. The quantitative estimate of drug-likeness (QED) is 0.781. The minimum absolute atomic E-state index is 0.00853. The summed E-state index contributed by atoms with van der Waals surface area (Å²) in [5.74, 6) is 2.38. The van der Waals surface area contributed by atoms with Crippen molar-refractivity contribution >= 4 is 16.6 Å². The van der Waals surface area contributed by atoms with Gasteiger partial charge >= 0.3 is 0 Å². The first-order valence-corrected chi connectivity index (χ1v) is 6.85. The first kappa shape index (κ1) is 11.6. The summed E-state index contributed by atoms with van der Waals surface area (Å²) in [5, 5.41) is 13.7. The predicted molar refractivity (Wildman–Crippen MR) is 64.0 cm³/mol. The summed E-state index contributed by atoms with van der Waals surface area (Å²) in [7, 11) is 1.21. The Hall–Kier alpha value is -0.880. The van der Waals surface area contributed by atoms with Crippen LogP contribution in [0.4, 0.5) is 5.82 Å². The zero-order chi connectivity index (χ0) is 11.7. The molecular weight excluding hydrogens is 226 g/mol. The van der Waals surface area contributed by atoms with E-state index < -0.39 is 10.8 Å². The van der Waals surface area contributed by atoms with Gasteiger partial charge in [0.2, 0.25) is 0 Å². The summed E-state index contributed by atoms with van der Waals surface area (Å²) < 4.78 is 13.1. The Morgan fingerprint density at radius 3 is 2.62 bits per heavy atom. The van der Waals surface area contributed by atoms with E-state index in [1.165, 1.54) is 0 Å². The average molecular weight is 243 g/mol. The van der Waals surface area contributed by atoms with Crippen molar-refractivity contribution in [1.29, 1.82) is 0 Å². The van der Waals surface area contributed by atoms with E-state index in [0.717, 1.165) is 30.2 Å². The van der Waals surface area contributed by atoms with E-state index in [1.807, 2.05) is 14.0 Å². The molecule has 5 nitrogen and oxygen atoms in total. The molecule has 0 atom stereocenters. The largest absolute Gasteiger partial charge is 0.391 e. The van der Waals surface area contributed by atoms with E-state index in [-0.39, 0.29) is 6.61 Å². The summed E-state index contributed by atoms with van der Waals surface area (Å²) in [5.41, 5.74) is 1.75. The summed E-state index contributed by atoms with van der Waals surface area (Å²) in [4.78, 5) is 2.16. The molecule has 0 bridgehead atoms. The summed E-state index contributed by atoms with van der Waals surface area (Å²) in [6.07, 6.45) is 0. The lowest BCUT2D eigenvalue weighted by Gasteiger charge is -2.29. The van der Waals surface area contributed by atoms with Gasteiger partial charge in [0.25, 0.3) is 0 Å². The van der Waals surface area contributed by atoms with Crippen LogP contribution in [-0.4, -0.2) is 43.7 Å². The Morgan fingerprint density at radius 2 is 2.06 bits per heavy atom. The van der Waals surface area contributed by atoms with Gasteiger partial charge in [0.15, 0.2) is 0 Å². The number of anilines is 1. The fraction of sp³-hybridized carbons (Fsp3) is 0.700. The standard InChI is InChI=1S/C10H17N3O2S/c1-8-9(7-14)10(12(2)11-8)13-3-5-16(15)6-4-13/h14H,3-7H2,1-2H3. The molecule has 1 aliphatic rings. The lowest BCUT2D eigenvalue weighted by atomic mass is 10.2. The van der Waals surface area contributed by atoms with Gasteiger partial charge in [0.1, 0.15) is 5.82 Å². The molecule has 1 saturated heterocycles. The third-order valence-corrected chi connectivity index (χ3v) is 4.22. The fourth-order valence-electron chi connectivity index (χ4n) is 2.12. The number of aliphatic hydroxyl groups excluding tert-OH is 1. The first-order chi connectivity index (χ1) is 7.63. The summed E-state index contributed by atoms with van der Waals surface area (Å²) in [6, 6.07) is 0. The molecular formula is C10H17N3O2S. The zero-order valence-corrected chi connectivity index (χ0v) is 10.5. The van der Waals surface area contributed by atoms with Crippen LogP contribution in [0.1, 0.15) is 11.3 Å². The minimum Gasteiger partial charge on any atom is -0.391 e. The van der Waals surface area contributed by atoms with Crippen LogP contribution in [0.15, 0.2) is 0 Å². The van der Waals surface area contributed by atoms with Crippen molar-refractivity contribution in [3.63, 3.8) is 0 Å². The van der Waals surface area contributed by atoms with Gasteiger partial charge in [-0.15, -0.1) is 0 Å². The van der Waals surface area contributed by atoms with Crippen molar-refractivity contribution in [2.45, 2.75) is 13.5 Å². The Kier molecular flexibility index (Phi) is 3.30. The molecule has 1 fully saturated rings. The second-order valence-corrected chi connectivity index (χ2v) is 5.70. The molecule has 16 heavy (non-hydrogen) atoms. The number of rotatable bonds is 2. The number of aryl methyl sites for hydroxylation is 2. The third-order valence-electron chi connectivity index (χ3n) is 2.95. The van der Waals surface area contributed by atoms with Crippen LogP contribution < -0.4 is 4.90 Å². The zero-order valence-electron chi connectivity index (χ0n) is 9.64. The van der Waals surface area contributed by atoms with Gasteiger partial charge in [0.05, 0.1) is 12.3 Å². The molecule has 0 radical (unpaired) electrons. The van der Waals surface area contributed by atoms with E-state index in [9.17, 15) is 9.32 Å². The van der Waals surface area contributed by atoms with Gasteiger partial charge in [-0.1, -0.05) is 0 Å². The van der Waals surface area contributed by atoms with E-state index in [0.29, 0.717) is 11.5 Å². The highest BCUT2D eigenvalue weighted by Crippen LogP contribution is 2.24. The normalized spacial score (nSPS) is 18.1. The monoisotopic (exact) mass is 243 g/mol. The fourth-order valence-corrected chi connectivity index (χ4v) is 3.17.